The topological polar surface area (TPSA) is 84.4 Å². The van der Waals surface area contributed by atoms with E-state index in [-0.39, 0.29) is 12.5 Å². The number of aromatic nitrogens is 2. The summed E-state index contributed by atoms with van der Waals surface area (Å²) in [6, 6.07) is 0. The highest BCUT2D eigenvalue weighted by Crippen LogP contribution is 2.19. The molecule has 18 heavy (non-hydrogen) atoms. The summed E-state index contributed by atoms with van der Waals surface area (Å²) in [5.74, 6) is -0.232. The van der Waals surface area contributed by atoms with Gasteiger partial charge in [-0.2, -0.15) is 5.10 Å². The number of likely N-dealkylation sites (N-methyl/N-ethyl adjacent to an activating group) is 1. The molecule has 0 aromatic carbocycles. The molecule has 0 aliphatic heterocycles. The number of rotatable bonds is 4. The van der Waals surface area contributed by atoms with Gasteiger partial charge in [-0.25, -0.2) is 0 Å². The fraction of sp³-hybridized carbons (Fsp3) is 0.667. The van der Waals surface area contributed by atoms with Gasteiger partial charge in [0.15, 0.2) is 0 Å². The second-order valence-corrected chi connectivity index (χ2v) is 5.16. The number of anilines is 1. The van der Waals surface area contributed by atoms with Gasteiger partial charge in [0.2, 0.25) is 0 Å². The van der Waals surface area contributed by atoms with Gasteiger partial charge in [-0.1, -0.05) is 6.92 Å². The summed E-state index contributed by atoms with van der Waals surface area (Å²) in [7, 11) is 3.33. The van der Waals surface area contributed by atoms with E-state index in [9.17, 15) is 9.90 Å². The number of nitrogen functional groups attached to an aromatic ring is 1. The first-order valence-electron chi connectivity index (χ1n) is 5.96. The summed E-state index contributed by atoms with van der Waals surface area (Å²) in [6.45, 7) is 5.48. The number of nitrogens with two attached hydrogens (primary N) is 1. The lowest BCUT2D eigenvalue weighted by molar-refractivity contribution is 0.0362. The lowest BCUT2D eigenvalue weighted by Crippen LogP contribution is -2.40. The smallest absolute Gasteiger partial charge is 0.274 e. The van der Waals surface area contributed by atoms with Crippen molar-refractivity contribution in [2.45, 2.75) is 32.8 Å². The van der Waals surface area contributed by atoms with E-state index in [1.54, 1.807) is 27.9 Å². The summed E-state index contributed by atoms with van der Waals surface area (Å²) in [5, 5.41) is 13.9. The van der Waals surface area contributed by atoms with Gasteiger partial charge >= 0.3 is 0 Å². The largest absolute Gasteiger partial charge is 0.395 e. The molecule has 0 saturated carbocycles. The maximum Gasteiger partial charge on any atom is 0.274 e. The van der Waals surface area contributed by atoms with Crippen LogP contribution < -0.4 is 5.73 Å². The molecule has 0 atom stereocenters. The molecular formula is C12H22N4O2. The second-order valence-electron chi connectivity index (χ2n) is 5.16. The van der Waals surface area contributed by atoms with E-state index in [0.717, 1.165) is 5.69 Å². The van der Waals surface area contributed by atoms with Gasteiger partial charge in [0.25, 0.3) is 5.91 Å². The van der Waals surface area contributed by atoms with Crippen LogP contribution in [0, 0.1) is 0 Å². The third kappa shape index (κ3) is 3.01. The number of carbonyl (C=O) groups excluding carboxylic acids is 1. The number of aliphatic hydroxyl groups is 1. The normalized spacial score (nSPS) is 11.7. The number of amides is 1. The molecule has 0 radical (unpaired) electrons. The Labute approximate surface area is 107 Å². The van der Waals surface area contributed by atoms with Crippen LogP contribution in [0.25, 0.3) is 0 Å². The molecule has 0 bridgehead atoms. The fourth-order valence-corrected chi connectivity index (χ4v) is 1.94. The highest BCUT2D eigenvalue weighted by Gasteiger charge is 2.25. The van der Waals surface area contributed by atoms with Gasteiger partial charge in [-0.15, -0.1) is 0 Å². The van der Waals surface area contributed by atoms with E-state index >= 15 is 0 Å². The van der Waals surface area contributed by atoms with Gasteiger partial charge in [0, 0.05) is 20.6 Å². The Bertz CT molecular complexity index is 446. The van der Waals surface area contributed by atoms with Crippen LogP contribution in [0.3, 0.4) is 0 Å². The van der Waals surface area contributed by atoms with E-state index in [4.69, 9.17) is 5.73 Å². The van der Waals surface area contributed by atoms with Crippen LogP contribution in [0.1, 0.15) is 37.0 Å². The Morgan fingerprint density at radius 2 is 2.11 bits per heavy atom. The summed E-state index contributed by atoms with van der Waals surface area (Å²) in [4.78, 5) is 13.7. The van der Waals surface area contributed by atoms with Crippen molar-refractivity contribution in [1.82, 2.24) is 14.7 Å². The van der Waals surface area contributed by atoms with E-state index in [1.165, 1.54) is 9.58 Å². The molecular weight excluding hydrogens is 232 g/mol. The Balaban J connectivity index is 3.01. The molecule has 102 valence electrons. The SMILES string of the molecule is CCc1nn(C)c(C(=O)N(C)CC(C)(C)O)c1N. The van der Waals surface area contributed by atoms with Crippen molar-refractivity contribution in [2.24, 2.45) is 7.05 Å². The summed E-state index contributed by atoms with van der Waals surface area (Å²) in [6.07, 6.45) is 0.683. The molecule has 1 amide bonds. The number of aryl methyl sites for hydroxylation is 2. The first-order chi connectivity index (χ1) is 8.17. The van der Waals surface area contributed by atoms with Crippen LogP contribution >= 0.6 is 0 Å². The van der Waals surface area contributed by atoms with E-state index in [0.29, 0.717) is 17.8 Å². The number of carbonyl (C=O) groups is 1. The first kappa shape index (κ1) is 14.5. The van der Waals surface area contributed by atoms with Crippen molar-refractivity contribution in [3.63, 3.8) is 0 Å². The molecule has 6 heteroatoms. The molecule has 1 aromatic rings. The molecule has 3 N–H and O–H groups in total. The maximum atomic E-state index is 12.3. The fourth-order valence-electron chi connectivity index (χ4n) is 1.94. The number of nitrogens with zero attached hydrogens (tertiary/aromatic N) is 3. The highest BCUT2D eigenvalue weighted by molar-refractivity contribution is 5.97. The lowest BCUT2D eigenvalue weighted by Gasteiger charge is -2.25. The lowest BCUT2D eigenvalue weighted by atomic mass is 10.1. The van der Waals surface area contributed by atoms with E-state index in [2.05, 4.69) is 5.10 Å². The maximum absolute atomic E-state index is 12.3. The zero-order chi connectivity index (χ0) is 14.1. The molecule has 0 aliphatic carbocycles. The molecule has 1 rings (SSSR count). The second kappa shape index (κ2) is 4.97. The van der Waals surface area contributed by atoms with Gasteiger partial charge in [0.05, 0.1) is 17.0 Å². The highest BCUT2D eigenvalue weighted by atomic mass is 16.3. The Morgan fingerprint density at radius 3 is 2.50 bits per heavy atom. The minimum atomic E-state index is -0.939. The average molecular weight is 254 g/mol. The Kier molecular flexibility index (Phi) is 4.01. The van der Waals surface area contributed by atoms with E-state index in [1.807, 2.05) is 6.92 Å². The monoisotopic (exact) mass is 254 g/mol. The van der Waals surface area contributed by atoms with Crippen LogP contribution in [-0.2, 0) is 13.5 Å². The van der Waals surface area contributed by atoms with Crippen molar-refractivity contribution >= 4 is 11.6 Å². The van der Waals surface area contributed by atoms with E-state index < -0.39 is 5.60 Å². The minimum absolute atomic E-state index is 0.232. The Morgan fingerprint density at radius 1 is 1.56 bits per heavy atom. The zero-order valence-electron chi connectivity index (χ0n) is 11.7. The van der Waals surface area contributed by atoms with Crippen molar-refractivity contribution in [2.75, 3.05) is 19.3 Å². The molecule has 0 spiro atoms. The standard InChI is InChI=1S/C12H22N4O2/c1-6-8-9(13)10(16(5)14-8)11(17)15(4)7-12(2,3)18/h18H,6-7,13H2,1-5H3. The van der Waals surface area contributed by atoms with Crippen molar-refractivity contribution in [1.29, 1.82) is 0 Å². The van der Waals surface area contributed by atoms with Gasteiger partial charge < -0.3 is 15.7 Å². The first-order valence-corrected chi connectivity index (χ1v) is 5.96. The molecule has 0 fully saturated rings. The number of hydrogen-bond acceptors (Lipinski definition) is 4. The molecule has 6 nitrogen and oxygen atoms in total. The van der Waals surface area contributed by atoms with Crippen molar-refractivity contribution < 1.29 is 9.90 Å². The van der Waals surface area contributed by atoms with Gasteiger partial charge in [-0.05, 0) is 20.3 Å². The molecule has 1 aromatic heterocycles. The van der Waals surface area contributed by atoms with Crippen molar-refractivity contribution in [3.8, 4) is 0 Å². The third-order valence-electron chi connectivity index (χ3n) is 2.67. The average Bonchev–Trinajstić information content (AvgIpc) is 2.50. The molecule has 1 heterocycles. The molecule has 0 aliphatic rings. The summed E-state index contributed by atoms with van der Waals surface area (Å²) < 4.78 is 1.50. The van der Waals surface area contributed by atoms with Crippen LogP contribution in [0.15, 0.2) is 0 Å². The molecule has 0 unspecified atom stereocenters. The van der Waals surface area contributed by atoms with Gasteiger partial charge in [-0.3, -0.25) is 9.48 Å². The van der Waals surface area contributed by atoms with Crippen LogP contribution in [0.4, 0.5) is 5.69 Å². The van der Waals surface area contributed by atoms with Crippen LogP contribution in [0.2, 0.25) is 0 Å². The van der Waals surface area contributed by atoms with Crippen LogP contribution in [-0.4, -0.2) is 44.9 Å². The summed E-state index contributed by atoms with van der Waals surface area (Å²) >= 11 is 0. The zero-order valence-corrected chi connectivity index (χ0v) is 11.7. The predicted molar refractivity (Wildman–Crippen MR) is 70.3 cm³/mol. The van der Waals surface area contributed by atoms with Crippen molar-refractivity contribution in [3.05, 3.63) is 11.4 Å². The van der Waals surface area contributed by atoms with Crippen LogP contribution in [0.5, 0.6) is 0 Å². The quantitative estimate of drug-likeness (QED) is 0.815. The minimum Gasteiger partial charge on any atom is -0.395 e. The summed E-state index contributed by atoms with van der Waals surface area (Å²) in [5.41, 5.74) is 6.50. The molecule has 0 saturated heterocycles. The number of hydrogen-bond donors (Lipinski definition) is 2. The van der Waals surface area contributed by atoms with Gasteiger partial charge in [0.1, 0.15) is 5.69 Å². The predicted octanol–water partition coefficient (Wildman–Crippen LogP) is 0.408. The Hall–Kier alpha value is -1.56. The third-order valence-corrected chi connectivity index (χ3v) is 2.67.